The van der Waals surface area contributed by atoms with Crippen LogP contribution in [0.2, 0.25) is 5.02 Å². The summed E-state index contributed by atoms with van der Waals surface area (Å²) in [6.07, 6.45) is 4.30. The molecule has 1 aromatic carbocycles. The number of H-pyrrole nitrogens is 1. The van der Waals surface area contributed by atoms with E-state index in [0.717, 1.165) is 49.6 Å². The van der Waals surface area contributed by atoms with E-state index in [2.05, 4.69) is 37.4 Å². The number of hydrogen-bond donors (Lipinski definition) is 1. The average Bonchev–Trinajstić information content (AvgIpc) is 3.26. The van der Waals surface area contributed by atoms with Crippen LogP contribution in [0.25, 0.3) is 10.9 Å². The molecule has 2 aliphatic heterocycles. The van der Waals surface area contributed by atoms with Crippen LogP contribution >= 0.6 is 11.6 Å². The van der Waals surface area contributed by atoms with Crippen molar-refractivity contribution in [2.75, 3.05) is 24.7 Å². The fraction of sp³-hybridized carbons (Fsp3) is 0.526. The van der Waals surface area contributed by atoms with E-state index in [1.54, 1.807) is 7.05 Å². The number of aromatic amines is 1. The number of tetrazole rings is 1. The number of nitrogens with zero attached hydrogens (tertiary/aromatic N) is 5. The molecule has 0 radical (unpaired) electrons. The molecule has 0 aliphatic carbocycles. The fourth-order valence-corrected chi connectivity index (χ4v) is 4.69. The zero-order valence-corrected chi connectivity index (χ0v) is 16.1. The van der Waals surface area contributed by atoms with Gasteiger partial charge in [0, 0.05) is 41.4 Å². The molecule has 7 nitrogen and oxygen atoms in total. The van der Waals surface area contributed by atoms with Crippen molar-refractivity contribution in [1.29, 1.82) is 0 Å². The van der Waals surface area contributed by atoms with Gasteiger partial charge >= 0.3 is 0 Å². The number of fused-ring (bicyclic) bond motifs is 3. The van der Waals surface area contributed by atoms with Crippen LogP contribution in [0.3, 0.4) is 0 Å². The number of aromatic nitrogens is 5. The van der Waals surface area contributed by atoms with Crippen LogP contribution in [-0.2, 0) is 18.2 Å². The lowest BCUT2D eigenvalue weighted by Gasteiger charge is -2.37. The Kier molecular flexibility index (Phi) is 4.28. The number of aryl methyl sites for hydroxylation is 1. The second-order valence-electron chi connectivity index (χ2n) is 7.56. The Morgan fingerprint density at radius 1 is 1.37 bits per heavy atom. The van der Waals surface area contributed by atoms with Gasteiger partial charge < -0.3 is 14.6 Å². The van der Waals surface area contributed by atoms with Crippen LogP contribution in [0, 0.1) is 5.92 Å². The normalized spacial score (nSPS) is 23.0. The van der Waals surface area contributed by atoms with Crippen molar-refractivity contribution in [2.24, 2.45) is 13.0 Å². The molecule has 1 fully saturated rings. The Bertz CT molecular complexity index is 960. The van der Waals surface area contributed by atoms with Crippen molar-refractivity contribution in [3.05, 3.63) is 34.5 Å². The third kappa shape index (κ3) is 3.08. The summed E-state index contributed by atoms with van der Waals surface area (Å²) in [5.74, 6) is 1.24. The zero-order chi connectivity index (χ0) is 18.4. The summed E-state index contributed by atoms with van der Waals surface area (Å²) >= 11 is 6.27. The van der Waals surface area contributed by atoms with E-state index in [1.807, 2.05) is 6.07 Å². The number of anilines is 1. The Hall–Kier alpha value is -2.12. The molecule has 142 valence electrons. The van der Waals surface area contributed by atoms with Gasteiger partial charge in [-0.05, 0) is 60.6 Å². The van der Waals surface area contributed by atoms with Gasteiger partial charge in [-0.2, -0.15) is 4.80 Å². The lowest BCUT2D eigenvalue weighted by atomic mass is 9.88. The molecule has 4 heterocycles. The largest absolute Gasteiger partial charge is 0.381 e. The standard InChI is InChI=1S/C19H23ClN6O/c1-25-23-19(22-24-25)26-7-6-14-15-10-13(20)4-5-16(15)21-18(14)17(26)9-12-3-2-8-27-11-12/h4-5,10,12,17,21H,2-3,6-9,11H2,1H3/t12-,17-/m0/s1. The molecule has 5 rings (SSSR count). The monoisotopic (exact) mass is 386 g/mol. The first-order valence-electron chi connectivity index (χ1n) is 9.57. The van der Waals surface area contributed by atoms with Gasteiger partial charge in [-0.3, -0.25) is 0 Å². The quantitative estimate of drug-likeness (QED) is 0.748. The maximum Gasteiger partial charge on any atom is 0.266 e. The summed E-state index contributed by atoms with van der Waals surface area (Å²) in [4.78, 5) is 7.48. The smallest absolute Gasteiger partial charge is 0.266 e. The lowest BCUT2D eigenvalue weighted by molar-refractivity contribution is 0.0483. The van der Waals surface area contributed by atoms with E-state index >= 15 is 0 Å². The highest BCUT2D eigenvalue weighted by Crippen LogP contribution is 2.40. The predicted molar refractivity (Wildman–Crippen MR) is 104 cm³/mol. The lowest BCUT2D eigenvalue weighted by Crippen LogP contribution is -2.38. The van der Waals surface area contributed by atoms with Gasteiger partial charge in [0.15, 0.2) is 0 Å². The van der Waals surface area contributed by atoms with Crippen LogP contribution in [-0.4, -0.2) is 44.9 Å². The van der Waals surface area contributed by atoms with Crippen molar-refractivity contribution < 1.29 is 4.74 Å². The highest BCUT2D eigenvalue weighted by Gasteiger charge is 2.34. The molecule has 2 aliphatic rings. The van der Waals surface area contributed by atoms with Crippen LogP contribution in [0.5, 0.6) is 0 Å². The number of benzene rings is 1. The number of halogens is 1. The van der Waals surface area contributed by atoms with E-state index in [-0.39, 0.29) is 6.04 Å². The van der Waals surface area contributed by atoms with Crippen LogP contribution in [0.15, 0.2) is 18.2 Å². The number of nitrogens with one attached hydrogen (secondary N) is 1. The van der Waals surface area contributed by atoms with Gasteiger partial charge in [-0.25, -0.2) is 0 Å². The zero-order valence-electron chi connectivity index (χ0n) is 15.4. The molecular formula is C19H23ClN6O. The second kappa shape index (κ2) is 6.80. The predicted octanol–water partition coefficient (Wildman–Crippen LogP) is 3.27. The van der Waals surface area contributed by atoms with Gasteiger partial charge in [-0.1, -0.05) is 16.7 Å². The molecule has 0 saturated carbocycles. The molecular weight excluding hydrogens is 364 g/mol. The van der Waals surface area contributed by atoms with E-state index < -0.39 is 0 Å². The molecule has 1 saturated heterocycles. The second-order valence-corrected chi connectivity index (χ2v) is 8.00. The molecule has 0 amide bonds. The molecule has 0 spiro atoms. The molecule has 0 bridgehead atoms. The van der Waals surface area contributed by atoms with Crippen LogP contribution < -0.4 is 4.90 Å². The SMILES string of the molecule is Cn1nnc(N2CCc3c([nH]c4ccc(Cl)cc34)[C@@H]2C[C@@H]2CCCOC2)n1. The minimum atomic E-state index is 0.191. The van der Waals surface area contributed by atoms with Crippen molar-refractivity contribution in [2.45, 2.75) is 31.7 Å². The van der Waals surface area contributed by atoms with Gasteiger partial charge in [0.25, 0.3) is 5.95 Å². The first-order valence-corrected chi connectivity index (χ1v) is 9.95. The number of rotatable bonds is 3. The van der Waals surface area contributed by atoms with Gasteiger partial charge in [-0.15, -0.1) is 5.10 Å². The summed E-state index contributed by atoms with van der Waals surface area (Å²) < 4.78 is 5.74. The average molecular weight is 387 g/mol. The maximum absolute atomic E-state index is 6.27. The summed E-state index contributed by atoms with van der Waals surface area (Å²) in [6.45, 7) is 2.59. The van der Waals surface area contributed by atoms with Crippen molar-refractivity contribution >= 4 is 28.5 Å². The van der Waals surface area contributed by atoms with Crippen molar-refractivity contribution in [1.82, 2.24) is 25.2 Å². The summed E-state index contributed by atoms with van der Waals surface area (Å²) in [5.41, 5.74) is 3.77. The Morgan fingerprint density at radius 2 is 2.30 bits per heavy atom. The van der Waals surface area contributed by atoms with E-state index in [9.17, 15) is 0 Å². The number of ether oxygens (including phenoxy) is 1. The Morgan fingerprint density at radius 3 is 3.07 bits per heavy atom. The molecule has 8 heteroatoms. The molecule has 3 aromatic rings. The molecule has 1 N–H and O–H groups in total. The third-order valence-electron chi connectivity index (χ3n) is 5.78. The third-order valence-corrected chi connectivity index (χ3v) is 6.01. The van der Waals surface area contributed by atoms with Crippen LogP contribution in [0.4, 0.5) is 5.95 Å². The van der Waals surface area contributed by atoms with Crippen LogP contribution in [0.1, 0.15) is 36.6 Å². The van der Waals surface area contributed by atoms with Gasteiger partial charge in [0.1, 0.15) is 0 Å². The Labute approximate surface area is 162 Å². The highest BCUT2D eigenvalue weighted by molar-refractivity contribution is 6.31. The highest BCUT2D eigenvalue weighted by atomic mass is 35.5. The minimum absolute atomic E-state index is 0.191. The fourth-order valence-electron chi connectivity index (χ4n) is 4.52. The van der Waals surface area contributed by atoms with E-state index in [0.29, 0.717) is 11.9 Å². The summed E-state index contributed by atoms with van der Waals surface area (Å²) in [6, 6.07) is 6.28. The number of hydrogen-bond acceptors (Lipinski definition) is 5. The van der Waals surface area contributed by atoms with Gasteiger partial charge in [0.05, 0.1) is 13.1 Å². The topological polar surface area (TPSA) is 71.9 Å². The molecule has 0 unspecified atom stereocenters. The minimum Gasteiger partial charge on any atom is -0.381 e. The van der Waals surface area contributed by atoms with E-state index in [1.165, 1.54) is 27.9 Å². The van der Waals surface area contributed by atoms with Gasteiger partial charge in [0.2, 0.25) is 0 Å². The van der Waals surface area contributed by atoms with Crippen molar-refractivity contribution in [3.8, 4) is 0 Å². The molecule has 2 aromatic heterocycles. The summed E-state index contributed by atoms with van der Waals surface area (Å²) in [5, 5.41) is 14.8. The molecule has 2 atom stereocenters. The summed E-state index contributed by atoms with van der Waals surface area (Å²) in [7, 11) is 1.81. The first kappa shape index (κ1) is 17.0. The Balaban J connectivity index is 1.57. The maximum atomic E-state index is 6.27. The van der Waals surface area contributed by atoms with E-state index in [4.69, 9.17) is 16.3 Å². The first-order chi connectivity index (χ1) is 13.2. The molecule has 27 heavy (non-hydrogen) atoms. The van der Waals surface area contributed by atoms with Crippen molar-refractivity contribution in [3.63, 3.8) is 0 Å².